The first-order chi connectivity index (χ1) is 9.00. The van der Waals surface area contributed by atoms with Gasteiger partial charge in [-0.25, -0.2) is 0 Å². The summed E-state index contributed by atoms with van der Waals surface area (Å²) in [5.41, 5.74) is -0.0865. The minimum atomic E-state index is -0.0865. The molecule has 1 aliphatic rings. The van der Waals surface area contributed by atoms with E-state index in [0.717, 1.165) is 24.9 Å². The van der Waals surface area contributed by atoms with Crippen LogP contribution in [0.25, 0.3) is 0 Å². The molecule has 0 spiro atoms. The predicted octanol–water partition coefficient (Wildman–Crippen LogP) is 2.64. The van der Waals surface area contributed by atoms with Gasteiger partial charge in [0.15, 0.2) is 0 Å². The highest BCUT2D eigenvalue weighted by molar-refractivity contribution is 4.82. The number of aliphatic hydroxyl groups is 1. The summed E-state index contributed by atoms with van der Waals surface area (Å²) in [6, 6.07) is 0.752. The van der Waals surface area contributed by atoms with E-state index >= 15 is 0 Å². The highest BCUT2D eigenvalue weighted by Crippen LogP contribution is 2.22. The number of unbranched alkanes of at least 4 members (excludes halogenated alkanes) is 1. The van der Waals surface area contributed by atoms with Crippen molar-refractivity contribution in [2.45, 2.75) is 71.4 Å². The number of likely N-dealkylation sites (N-methyl/N-ethyl adjacent to an activating group) is 1. The van der Waals surface area contributed by atoms with Gasteiger partial charge in [-0.1, -0.05) is 20.3 Å². The third kappa shape index (κ3) is 5.80. The van der Waals surface area contributed by atoms with Crippen molar-refractivity contribution in [3.05, 3.63) is 0 Å². The van der Waals surface area contributed by atoms with Crippen LogP contribution < -0.4 is 5.32 Å². The largest absolute Gasteiger partial charge is 0.394 e. The number of rotatable bonds is 8. The molecule has 1 aliphatic heterocycles. The molecule has 2 N–H and O–H groups in total. The third-order valence-corrected chi connectivity index (χ3v) is 4.65. The van der Waals surface area contributed by atoms with Crippen LogP contribution in [0.3, 0.4) is 0 Å². The number of hydrogen-bond acceptors (Lipinski definition) is 3. The maximum atomic E-state index is 9.46. The monoisotopic (exact) mass is 270 g/mol. The van der Waals surface area contributed by atoms with Gasteiger partial charge in [-0.15, -0.1) is 0 Å². The van der Waals surface area contributed by atoms with E-state index in [4.69, 9.17) is 0 Å². The van der Waals surface area contributed by atoms with Crippen LogP contribution in [-0.4, -0.2) is 47.8 Å². The van der Waals surface area contributed by atoms with Gasteiger partial charge in [0.25, 0.3) is 0 Å². The molecule has 3 heteroatoms. The van der Waals surface area contributed by atoms with Crippen molar-refractivity contribution in [3.8, 4) is 0 Å². The average molecular weight is 270 g/mol. The van der Waals surface area contributed by atoms with E-state index < -0.39 is 0 Å². The lowest BCUT2D eigenvalue weighted by molar-refractivity contribution is 0.122. The molecule has 0 amide bonds. The minimum absolute atomic E-state index is 0.0865. The van der Waals surface area contributed by atoms with Gasteiger partial charge in [0.1, 0.15) is 0 Å². The molecule has 0 bridgehead atoms. The fourth-order valence-electron chi connectivity index (χ4n) is 3.27. The number of hydrogen-bond donors (Lipinski definition) is 2. The Labute approximate surface area is 119 Å². The summed E-state index contributed by atoms with van der Waals surface area (Å²) < 4.78 is 0. The fourth-order valence-corrected chi connectivity index (χ4v) is 3.27. The Morgan fingerprint density at radius 3 is 2.63 bits per heavy atom. The summed E-state index contributed by atoms with van der Waals surface area (Å²) in [6.07, 6.45) is 6.22. The van der Waals surface area contributed by atoms with Gasteiger partial charge in [0.2, 0.25) is 0 Å². The molecule has 0 saturated carbocycles. The molecule has 1 heterocycles. The first kappa shape index (κ1) is 16.9. The van der Waals surface area contributed by atoms with Crippen LogP contribution in [0.15, 0.2) is 0 Å². The van der Waals surface area contributed by atoms with E-state index in [1.807, 2.05) is 0 Å². The molecule has 3 unspecified atom stereocenters. The summed E-state index contributed by atoms with van der Waals surface area (Å²) in [5, 5.41) is 12.9. The number of piperidine rings is 1. The predicted molar refractivity (Wildman–Crippen MR) is 82.5 cm³/mol. The van der Waals surface area contributed by atoms with E-state index in [0.29, 0.717) is 0 Å². The topological polar surface area (TPSA) is 35.5 Å². The summed E-state index contributed by atoms with van der Waals surface area (Å²) in [7, 11) is 0. The number of likely N-dealkylation sites (tertiary alicyclic amines) is 1. The van der Waals surface area contributed by atoms with Crippen molar-refractivity contribution in [2.24, 2.45) is 5.92 Å². The second-order valence-electron chi connectivity index (χ2n) is 6.72. The number of nitrogens with zero attached hydrogens (tertiary/aromatic N) is 1. The van der Waals surface area contributed by atoms with Crippen LogP contribution in [0.1, 0.15) is 59.8 Å². The highest BCUT2D eigenvalue weighted by atomic mass is 16.3. The van der Waals surface area contributed by atoms with Crippen molar-refractivity contribution in [3.63, 3.8) is 0 Å². The van der Waals surface area contributed by atoms with E-state index in [-0.39, 0.29) is 12.1 Å². The summed E-state index contributed by atoms with van der Waals surface area (Å²) in [6.45, 7) is 12.6. The van der Waals surface area contributed by atoms with E-state index in [9.17, 15) is 5.11 Å². The van der Waals surface area contributed by atoms with Crippen molar-refractivity contribution >= 4 is 0 Å². The lowest BCUT2D eigenvalue weighted by atomic mass is 9.92. The fraction of sp³-hybridized carbons (Fsp3) is 1.00. The number of aliphatic hydroxyl groups excluding tert-OH is 1. The molecular formula is C16H34N2O. The van der Waals surface area contributed by atoms with Crippen molar-refractivity contribution in [2.75, 3.05) is 26.2 Å². The van der Waals surface area contributed by atoms with Gasteiger partial charge in [-0.3, -0.25) is 0 Å². The Bertz CT molecular complexity index is 247. The van der Waals surface area contributed by atoms with Gasteiger partial charge >= 0.3 is 0 Å². The Kier molecular flexibility index (Phi) is 7.33. The quantitative estimate of drug-likeness (QED) is 0.666. The van der Waals surface area contributed by atoms with Crippen LogP contribution in [0, 0.1) is 5.92 Å². The molecule has 0 aromatic rings. The molecule has 1 rings (SSSR count). The molecule has 0 aromatic heterocycles. The van der Waals surface area contributed by atoms with Crippen LogP contribution in [-0.2, 0) is 0 Å². The van der Waals surface area contributed by atoms with Gasteiger partial charge in [-0.2, -0.15) is 0 Å². The molecule has 0 radical (unpaired) electrons. The summed E-state index contributed by atoms with van der Waals surface area (Å²) >= 11 is 0. The van der Waals surface area contributed by atoms with Gasteiger partial charge in [0, 0.05) is 11.6 Å². The molecule has 19 heavy (non-hydrogen) atoms. The summed E-state index contributed by atoms with van der Waals surface area (Å²) in [5.74, 6) is 0.901. The van der Waals surface area contributed by atoms with Crippen LogP contribution in [0.4, 0.5) is 0 Å². The minimum Gasteiger partial charge on any atom is -0.394 e. The molecule has 1 saturated heterocycles. The Hall–Kier alpha value is -0.120. The molecular weight excluding hydrogens is 236 g/mol. The molecule has 114 valence electrons. The normalized spacial score (nSPS) is 28.3. The Morgan fingerprint density at radius 1 is 1.32 bits per heavy atom. The van der Waals surface area contributed by atoms with Gasteiger partial charge in [-0.05, 0) is 65.1 Å². The molecule has 1 fully saturated rings. The standard InChI is InChI=1S/C16H34N2O/c1-5-17-16(4,13-19)9-6-7-10-18-11-8-14(2)12-15(18)3/h14-15,17,19H,5-13H2,1-4H3. The first-order valence-corrected chi connectivity index (χ1v) is 8.10. The average Bonchev–Trinajstić information content (AvgIpc) is 2.37. The maximum absolute atomic E-state index is 9.46. The Balaban J connectivity index is 2.19. The Morgan fingerprint density at radius 2 is 2.05 bits per heavy atom. The van der Waals surface area contributed by atoms with Crippen LogP contribution in [0.5, 0.6) is 0 Å². The van der Waals surface area contributed by atoms with Crippen LogP contribution in [0.2, 0.25) is 0 Å². The SMILES string of the molecule is CCNC(C)(CO)CCCCN1CCC(C)CC1C. The van der Waals surface area contributed by atoms with Crippen LogP contribution >= 0.6 is 0 Å². The van der Waals surface area contributed by atoms with E-state index in [1.165, 1.54) is 38.8 Å². The summed E-state index contributed by atoms with van der Waals surface area (Å²) in [4.78, 5) is 2.64. The van der Waals surface area contributed by atoms with Gasteiger partial charge in [0.05, 0.1) is 6.61 Å². The zero-order chi connectivity index (χ0) is 14.3. The smallest absolute Gasteiger partial charge is 0.0610 e. The van der Waals surface area contributed by atoms with Crippen molar-refractivity contribution in [1.82, 2.24) is 10.2 Å². The number of nitrogens with one attached hydrogen (secondary N) is 1. The zero-order valence-corrected chi connectivity index (χ0v) is 13.4. The zero-order valence-electron chi connectivity index (χ0n) is 13.4. The van der Waals surface area contributed by atoms with Gasteiger partial charge < -0.3 is 15.3 Å². The second kappa shape index (κ2) is 8.23. The van der Waals surface area contributed by atoms with Crippen molar-refractivity contribution < 1.29 is 5.11 Å². The lowest BCUT2D eigenvalue weighted by Gasteiger charge is -2.36. The first-order valence-electron chi connectivity index (χ1n) is 8.10. The molecule has 0 aromatic carbocycles. The second-order valence-corrected chi connectivity index (χ2v) is 6.72. The maximum Gasteiger partial charge on any atom is 0.0610 e. The molecule has 0 aliphatic carbocycles. The molecule has 3 atom stereocenters. The third-order valence-electron chi connectivity index (χ3n) is 4.65. The lowest BCUT2D eigenvalue weighted by Crippen LogP contribution is -2.45. The van der Waals surface area contributed by atoms with E-state index in [2.05, 4.69) is 37.9 Å². The van der Waals surface area contributed by atoms with Crippen molar-refractivity contribution in [1.29, 1.82) is 0 Å². The molecule has 3 nitrogen and oxygen atoms in total. The van der Waals surface area contributed by atoms with E-state index in [1.54, 1.807) is 0 Å². The highest BCUT2D eigenvalue weighted by Gasteiger charge is 2.23.